The number of benzene rings is 1. The van der Waals surface area contributed by atoms with Crippen molar-refractivity contribution in [2.75, 3.05) is 13.1 Å². The Morgan fingerprint density at radius 2 is 1.90 bits per heavy atom. The van der Waals surface area contributed by atoms with Crippen LogP contribution in [0.4, 0.5) is 0 Å². The zero-order valence-corrected chi connectivity index (χ0v) is 12.5. The Kier molecular flexibility index (Phi) is 4.38. The summed E-state index contributed by atoms with van der Waals surface area (Å²) in [5.74, 6) is 0. The molecule has 0 N–H and O–H groups in total. The molecule has 5 nitrogen and oxygen atoms in total. The lowest BCUT2D eigenvalue weighted by Gasteiger charge is -2.29. The van der Waals surface area contributed by atoms with Crippen LogP contribution in [0.5, 0.6) is 0 Å². The van der Waals surface area contributed by atoms with Crippen LogP contribution in [0.3, 0.4) is 0 Å². The molecule has 1 aromatic rings. The molecule has 1 fully saturated rings. The fraction of sp³-hybridized carbons (Fsp3) is 0.500. The maximum atomic E-state index is 12.6. The average Bonchev–Trinajstić information content (AvgIpc) is 2.42. The van der Waals surface area contributed by atoms with Crippen molar-refractivity contribution in [1.29, 1.82) is 0 Å². The summed E-state index contributed by atoms with van der Waals surface area (Å²) in [7, 11) is -3.46. The third kappa shape index (κ3) is 2.98. The van der Waals surface area contributed by atoms with Gasteiger partial charge in [0.15, 0.2) is 0 Å². The van der Waals surface area contributed by atoms with Gasteiger partial charge in [0, 0.05) is 13.1 Å². The van der Waals surface area contributed by atoms with E-state index in [-0.39, 0.29) is 6.04 Å². The summed E-state index contributed by atoms with van der Waals surface area (Å²) in [5, 5.41) is 0. The van der Waals surface area contributed by atoms with Gasteiger partial charge in [0.1, 0.15) is 0 Å². The SMILES string of the molecule is Cc1ccc(C)c(S(=O)(=O)N2CCC(N=C=O)CC2)c1. The second-order valence-corrected chi connectivity index (χ2v) is 7.03. The van der Waals surface area contributed by atoms with E-state index in [1.807, 2.05) is 19.1 Å². The van der Waals surface area contributed by atoms with Crippen LogP contribution in [-0.2, 0) is 14.8 Å². The highest BCUT2D eigenvalue weighted by molar-refractivity contribution is 7.89. The number of sulfonamides is 1. The molecule has 1 heterocycles. The van der Waals surface area contributed by atoms with Crippen LogP contribution < -0.4 is 0 Å². The van der Waals surface area contributed by atoms with E-state index in [4.69, 9.17) is 0 Å². The zero-order chi connectivity index (χ0) is 14.8. The smallest absolute Gasteiger partial charge is 0.211 e. The lowest BCUT2D eigenvalue weighted by atomic mass is 10.1. The first-order valence-electron chi connectivity index (χ1n) is 6.59. The molecule has 20 heavy (non-hydrogen) atoms. The first-order chi connectivity index (χ1) is 9.45. The highest BCUT2D eigenvalue weighted by atomic mass is 32.2. The van der Waals surface area contributed by atoms with E-state index in [1.54, 1.807) is 19.1 Å². The van der Waals surface area contributed by atoms with Crippen LogP contribution in [0.2, 0.25) is 0 Å². The Balaban J connectivity index is 2.24. The number of hydrogen-bond donors (Lipinski definition) is 0. The van der Waals surface area contributed by atoms with Gasteiger partial charge in [-0.05, 0) is 43.9 Å². The normalized spacial score (nSPS) is 17.7. The molecule has 1 saturated heterocycles. The number of carbonyl (C=O) groups excluding carboxylic acids is 1. The average molecular weight is 294 g/mol. The molecule has 0 radical (unpaired) electrons. The molecule has 1 aliphatic rings. The van der Waals surface area contributed by atoms with Crippen molar-refractivity contribution in [3.8, 4) is 0 Å². The van der Waals surface area contributed by atoms with E-state index in [0.29, 0.717) is 30.8 Å². The van der Waals surface area contributed by atoms with Crippen molar-refractivity contribution >= 4 is 16.1 Å². The number of hydrogen-bond acceptors (Lipinski definition) is 4. The maximum Gasteiger partial charge on any atom is 0.243 e. The molecular formula is C14H18N2O3S. The Morgan fingerprint density at radius 1 is 1.25 bits per heavy atom. The van der Waals surface area contributed by atoms with Gasteiger partial charge in [-0.2, -0.15) is 4.31 Å². The van der Waals surface area contributed by atoms with Gasteiger partial charge in [0.05, 0.1) is 10.9 Å². The Hall–Kier alpha value is -1.49. The van der Waals surface area contributed by atoms with Gasteiger partial charge in [-0.15, -0.1) is 0 Å². The highest BCUT2D eigenvalue weighted by Crippen LogP contribution is 2.24. The van der Waals surface area contributed by atoms with Gasteiger partial charge in [0.2, 0.25) is 16.1 Å². The Bertz CT molecular complexity index is 640. The molecule has 0 saturated carbocycles. The van der Waals surface area contributed by atoms with E-state index in [9.17, 15) is 13.2 Å². The number of nitrogens with zero attached hydrogens (tertiary/aromatic N) is 2. The van der Waals surface area contributed by atoms with Gasteiger partial charge in [-0.25, -0.2) is 18.2 Å². The molecule has 0 spiro atoms. The molecule has 6 heteroatoms. The van der Waals surface area contributed by atoms with E-state index >= 15 is 0 Å². The minimum Gasteiger partial charge on any atom is -0.211 e. The molecule has 0 amide bonds. The fourth-order valence-electron chi connectivity index (χ4n) is 2.41. The van der Waals surface area contributed by atoms with Gasteiger partial charge in [-0.3, -0.25) is 0 Å². The second kappa shape index (κ2) is 5.87. The van der Waals surface area contributed by atoms with Crippen LogP contribution in [0, 0.1) is 13.8 Å². The number of piperidine rings is 1. The van der Waals surface area contributed by atoms with E-state index < -0.39 is 10.0 Å². The van der Waals surface area contributed by atoms with Crippen molar-refractivity contribution in [2.45, 2.75) is 37.6 Å². The van der Waals surface area contributed by atoms with Gasteiger partial charge >= 0.3 is 0 Å². The standard InChI is InChI=1S/C14H18N2O3S/c1-11-3-4-12(2)14(9-11)20(18,19)16-7-5-13(6-8-16)15-10-17/h3-4,9,13H,5-8H2,1-2H3. The van der Waals surface area contributed by atoms with Crippen molar-refractivity contribution in [1.82, 2.24) is 4.31 Å². The zero-order valence-electron chi connectivity index (χ0n) is 11.7. The van der Waals surface area contributed by atoms with Gasteiger partial charge in [0.25, 0.3) is 0 Å². The predicted molar refractivity (Wildman–Crippen MR) is 75.8 cm³/mol. The molecule has 0 atom stereocenters. The molecule has 0 bridgehead atoms. The molecule has 0 unspecified atom stereocenters. The predicted octanol–water partition coefficient (Wildman–Crippen LogP) is 1.79. The summed E-state index contributed by atoms with van der Waals surface area (Å²) in [6.07, 6.45) is 2.68. The lowest BCUT2D eigenvalue weighted by molar-refractivity contribution is 0.320. The Labute approximate surface area is 119 Å². The fourth-order valence-corrected chi connectivity index (χ4v) is 4.19. The summed E-state index contributed by atoms with van der Waals surface area (Å²) in [5.41, 5.74) is 1.68. The summed E-state index contributed by atoms with van der Waals surface area (Å²) in [6.45, 7) is 4.47. The van der Waals surface area contributed by atoms with E-state index in [1.165, 1.54) is 4.31 Å². The number of isocyanates is 1. The highest BCUT2D eigenvalue weighted by Gasteiger charge is 2.30. The van der Waals surface area contributed by atoms with Gasteiger partial charge < -0.3 is 0 Å². The molecule has 2 rings (SSSR count). The topological polar surface area (TPSA) is 66.8 Å². The van der Waals surface area contributed by atoms with E-state index in [2.05, 4.69) is 4.99 Å². The summed E-state index contributed by atoms with van der Waals surface area (Å²) < 4.78 is 26.8. The van der Waals surface area contributed by atoms with Crippen LogP contribution in [0.15, 0.2) is 28.1 Å². The van der Waals surface area contributed by atoms with Gasteiger partial charge in [-0.1, -0.05) is 12.1 Å². The number of rotatable bonds is 3. The summed E-state index contributed by atoms with van der Waals surface area (Å²) in [6, 6.07) is 5.34. The monoisotopic (exact) mass is 294 g/mol. The maximum absolute atomic E-state index is 12.6. The molecule has 0 aliphatic carbocycles. The summed E-state index contributed by atoms with van der Waals surface area (Å²) >= 11 is 0. The molecule has 108 valence electrons. The van der Waals surface area contributed by atoms with E-state index in [0.717, 1.165) is 11.1 Å². The van der Waals surface area contributed by atoms with Crippen LogP contribution in [0.1, 0.15) is 24.0 Å². The minimum atomic E-state index is -3.46. The third-order valence-corrected chi connectivity index (χ3v) is 5.66. The van der Waals surface area contributed by atoms with Crippen molar-refractivity contribution in [3.05, 3.63) is 29.3 Å². The quantitative estimate of drug-likeness (QED) is 0.630. The molecule has 1 aliphatic heterocycles. The summed E-state index contributed by atoms with van der Waals surface area (Å²) in [4.78, 5) is 14.3. The van der Waals surface area contributed by atoms with Crippen LogP contribution in [0.25, 0.3) is 0 Å². The van der Waals surface area contributed by atoms with Crippen LogP contribution in [-0.4, -0.2) is 37.9 Å². The van der Waals surface area contributed by atoms with Crippen LogP contribution >= 0.6 is 0 Å². The molecular weight excluding hydrogens is 276 g/mol. The first kappa shape index (κ1) is 14.9. The third-order valence-electron chi connectivity index (χ3n) is 3.62. The lowest BCUT2D eigenvalue weighted by Crippen LogP contribution is -2.39. The number of aryl methyl sites for hydroxylation is 2. The van der Waals surface area contributed by atoms with Crippen molar-refractivity contribution < 1.29 is 13.2 Å². The first-order valence-corrected chi connectivity index (χ1v) is 8.03. The molecule has 0 aromatic heterocycles. The number of aliphatic imine (C=N–C) groups is 1. The molecule has 1 aromatic carbocycles. The minimum absolute atomic E-state index is 0.0995. The second-order valence-electron chi connectivity index (χ2n) is 5.12. The van der Waals surface area contributed by atoms with Crippen molar-refractivity contribution in [2.24, 2.45) is 4.99 Å². The van der Waals surface area contributed by atoms with Crippen molar-refractivity contribution in [3.63, 3.8) is 0 Å². The Morgan fingerprint density at radius 3 is 2.50 bits per heavy atom. The largest absolute Gasteiger partial charge is 0.243 e.